The molecule has 0 spiro atoms. The second kappa shape index (κ2) is 7.09. The van der Waals surface area contributed by atoms with E-state index in [1.54, 1.807) is 17.8 Å². The number of carbonyl (C=O) groups excluding carboxylic acids is 1. The summed E-state index contributed by atoms with van der Waals surface area (Å²) in [5, 5.41) is 8.28. The smallest absolute Gasteiger partial charge is 0.188 e. The van der Waals surface area contributed by atoms with Crippen LogP contribution in [0, 0.1) is 0 Å². The quantitative estimate of drug-likeness (QED) is 0.570. The Morgan fingerprint density at radius 3 is 3.00 bits per heavy atom. The lowest BCUT2D eigenvalue weighted by molar-refractivity contribution is 0.104. The van der Waals surface area contributed by atoms with Crippen molar-refractivity contribution in [3.63, 3.8) is 0 Å². The van der Waals surface area contributed by atoms with Crippen LogP contribution in [0.15, 0.2) is 44.9 Å². The molecule has 3 nitrogen and oxygen atoms in total. The highest BCUT2D eigenvalue weighted by molar-refractivity contribution is 9.10. The van der Waals surface area contributed by atoms with E-state index < -0.39 is 0 Å². The van der Waals surface area contributed by atoms with Gasteiger partial charge in [0.25, 0.3) is 0 Å². The van der Waals surface area contributed by atoms with E-state index >= 15 is 0 Å². The van der Waals surface area contributed by atoms with Gasteiger partial charge in [0, 0.05) is 22.7 Å². The summed E-state index contributed by atoms with van der Waals surface area (Å²) >= 11 is 4.94. The summed E-state index contributed by atoms with van der Waals surface area (Å²) in [6.07, 6.45) is 3.87. The summed E-state index contributed by atoms with van der Waals surface area (Å²) in [6, 6.07) is 7.44. The molecule has 1 aromatic carbocycles. The van der Waals surface area contributed by atoms with E-state index in [4.69, 9.17) is 0 Å². The lowest BCUT2D eigenvalue weighted by Gasteiger charge is -2.14. The van der Waals surface area contributed by atoms with Gasteiger partial charge in [0.1, 0.15) is 5.03 Å². The number of allylic oxidation sites excluding steroid dienone is 1. The number of ketones is 1. The molecule has 0 amide bonds. The molecule has 0 fully saturated rings. The Balaban J connectivity index is 2.15. The zero-order chi connectivity index (χ0) is 14.5. The third-order valence-corrected chi connectivity index (χ3v) is 4.26. The lowest BCUT2D eigenvalue weighted by atomic mass is 10.1. The van der Waals surface area contributed by atoms with Crippen molar-refractivity contribution in [1.82, 2.24) is 5.01 Å². The maximum Gasteiger partial charge on any atom is 0.188 e. The first-order valence-corrected chi connectivity index (χ1v) is 8.23. The van der Waals surface area contributed by atoms with Crippen LogP contribution in [0.2, 0.25) is 0 Å². The highest BCUT2D eigenvalue weighted by atomic mass is 79.9. The number of halogens is 1. The molecule has 1 aliphatic heterocycles. The molecule has 0 bridgehead atoms. The molecule has 0 saturated carbocycles. The molecule has 5 heteroatoms. The van der Waals surface area contributed by atoms with Gasteiger partial charge in [-0.3, -0.25) is 9.80 Å². The molecular weight excluding hydrogens is 336 g/mol. The zero-order valence-electron chi connectivity index (χ0n) is 11.6. The molecule has 0 aromatic heterocycles. The van der Waals surface area contributed by atoms with Gasteiger partial charge in [0.05, 0.1) is 5.04 Å². The average molecular weight is 353 g/mol. The monoisotopic (exact) mass is 352 g/mol. The van der Waals surface area contributed by atoms with Gasteiger partial charge >= 0.3 is 0 Å². The van der Waals surface area contributed by atoms with Crippen molar-refractivity contribution in [3.05, 3.63) is 45.4 Å². The zero-order valence-corrected chi connectivity index (χ0v) is 14.0. The van der Waals surface area contributed by atoms with Crippen LogP contribution < -0.4 is 0 Å². The van der Waals surface area contributed by atoms with Crippen molar-refractivity contribution in [2.45, 2.75) is 26.7 Å². The fourth-order valence-electron chi connectivity index (χ4n) is 1.85. The Morgan fingerprint density at radius 2 is 2.30 bits per heavy atom. The van der Waals surface area contributed by atoms with Gasteiger partial charge in [-0.15, -0.1) is 0 Å². The van der Waals surface area contributed by atoms with Crippen LogP contribution in [0.25, 0.3) is 0 Å². The van der Waals surface area contributed by atoms with Crippen LogP contribution in [0.1, 0.15) is 37.0 Å². The third-order valence-electron chi connectivity index (χ3n) is 2.86. The van der Waals surface area contributed by atoms with Crippen LogP contribution >= 0.6 is 27.7 Å². The lowest BCUT2D eigenvalue weighted by Crippen LogP contribution is -2.14. The molecule has 0 unspecified atom stereocenters. The number of rotatable bonds is 5. The van der Waals surface area contributed by atoms with E-state index in [9.17, 15) is 4.79 Å². The Hall–Kier alpha value is -1.07. The molecule has 0 aliphatic carbocycles. The van der Waals surface area contributed by atoms with Gasteiger partial charge in [-0.05, 0) is 25.5 Å². The Bertz CT molecular complexity index is 569. The van der Waals surface area contributed by atoms with Crippen molar-refractivity contribution < 1.29 is 4.79 Å². The highest BCUT2D eigenvalue weighted by Crippen LogP contribution is 2.30. The molecule has 1 heterocycles. The third kappa shape index (κ3) is 3.96. The molecule has 106 valence electrons. The van der Waals surface area contributed by atoms with Gasteiger partial charge < -0.3 is 0 Å². The normalized spacial score (nSPS) is 16.6. The molecule has 0 radical (unpaired) electrons. The molecule has 20 heavy (non-hydrogen) atoms. The summed E-state index contributed by atoms with van der Waals surface area (Å²) in [4.78, 5) is 12.3. The number of unbranched alkanes of at least 4 members (excludes halogenated alkanes) is 1. The van der Waals surface area contributed by atoms with Crippen molar-refractivity contribution in [2.24, 2.45) is 5.10 Å². The largest absolute Gasteiger partial charge is 0.289 e. The highest BCUT2D eigenvalue weighted by Gasteiger charge is 2.19. The van der Waals surface area contributed by atoms with E-state index in [2.05, 4.69) is 28.0 Å². The summed E-state index contributed by atoms with van der Waals surface area (Å²) < 4.78 is 0.913. The molecule has 0 N–H and O–H groups in total. The number of thioether (sulfide) groups is 1. The molecule has 0 saturated heterocycles. The van der Waals surface area contributed by atoms with Crippen LogP contribution in [0.3, 0.4) is 0 Å². The van der Waals surface area contributed by atoms with Crippen LogP contribution in [-0.4, -0.2) is 22.4 Å². The van der Waals surface area contributed by atoms with Crippen molar-refractivity contribution in [1.29, 1.82) is 0 Å². The Morgan fingerprint density at radius 1 is 1.50 bits per heavy atom. The number of benzene rings is 1. The van der Waals surface area contributed by atoms with E-state index in [-0.39, 0.29) is 5.78 Å². The molecule has 1 aromatic rings. The van der Waals surface area contributed by atoms with Crippen LogP contribution in [0.5, 0.6) is 0 Å². The van der Waals surface area contributed by atoms with Gasteiger partial charge in [-0.1, -0.05) is 53.2 Å². The molecule has 1 aliphatic rings. The van der Waals surface area contributed by atoms with Crippen molar-refractivity contribution in [2.75, 3.05) is 6.54 Å². The molecule has 0 atom stereocenters. The number of carbonyl (C=O) groups is 1. The first-order valence-electron chi connectivity index (χ1n) is 6.62. The summed E-state index contributed by atoms with van der Waals surface area (Å²) in [6.45, 7) is 4.97. The maximum atomic E-state index is 12.3. The Kier molecular flexibility index (Phi) is 5.43. The Labute approximate surface area is 132 Å². The van der Waals surface area contributed by atoms with Gasteiger partial charge in [0.2, 0.25) is 0 Å². The van der Waals surface area contributed by atoms with Gasteiger partial charge in [-0.25, -0.2) is 0 Å². The number of hydrogen-bond donors (Lipinski definition) is 0. The standard InChI is InChI=1S/C15H17BrN2OS/c1-3-4-8-18-15(20-11(2)17-18)10-14(19)12-6-5-7-13(16)9-12/h5-7,9-10H,3-4,8H2,1-2H3/b15-10-. The number of hydrogen-bond acceptors (Lipinski definition) is 4. The van der Waals surface area contributed by atoms with Gasteiger partial charge in [0.15, 0.2) is 5.78 Å². The molecule has 2 rings (SSSR count). The first-order chi connectivity index (χ1) is 9.60. The average Bonchev–Trinajstić information content (AvgIpc) is 2.76. The van der Waals surface area contributed by atoms with E-state index in [1.807, 2.05) is 36.2 Å². The first kappa shape index (κ1) is 15.3. The predicted molar refractivity (Wildman–Crippen MR) is 88.9 cm³/mol. The summed E-state index contributed by atoms with van der Waals surface area (Å²) in [5.74, 6) is 0.0141. The number of hydrazone groups is 1. The van der Waals surface area contributed by atoms with Gasteiger partial charge in [-0.2, -0.15) is 5.10 Å². The van der Waals surface area contributed by atoms with Crippen LogP contribution in [0.4, 0.5) is 0 Å². The van der Waals surface area contributed by atoms with Crippen molar-refractivity contribution >= 4 is 38.5 Å². The van der Waals surface area contributed by atoms with E-state index in [0.717, 1.165) is 33.9 Å². The minimum absolute atomic E-state index is 0.0141. The predicted octanol–water partition coefficient (Wildman–Crippen LogP) is 4.66. The minimum Gasteiger partial charge on any atom is -0.289 e. The minimum atomic E-state index is 0.0141. The van der Waals surface area contributed by atoms with Crippen molar-refractivity contribution in [3.8, 4) is 0 Å². The second-order valence-corrected chi connectivity index (χ2v) is 6.68. The topological polar surface area (TPSA) is 32.7 Å². The fourth-order valence-corrected chi connectivity index (χ4v) is 3.10. The SMILES string of the molecule is CCCCN1N=C(C)S/C1=C\C(=O)c1cccc(Br)c1. The summed E-state index contributed by atoms with van der Waals surface area (Å²) in [5.41, 5.74) is 0.687. The maximum absolute atomic E-state index is 12.3. The van der Waals surface area contributed by atoms with E-state index in [0.29, 0.717) is 5.56 Å². The number of nitrogens with zero attached hydrogens (tertiary/aromatic N) is 2. The fraction of sp³-hybridized carbons (Fsp3) is 0.333. The van der Waals surface area contributed by atoms with Crippen LogP contribution in [-0.2, 0) is 0 Å². The summed E-state index contributed by atoms with van der Waals surface area (Å²) in [7, 11) is 0. The second-order valence-electron chi connectivity index (χ2n) is 4.55. The van der Waals surface area contributed by atoms with E-state index in [1.165, 1.54) is 0 Å². The molecular formula is C15H17BrN2OS.